The highest BCUT2D eigenvalue weighted by Crippen LogP contribution is 2.27. The number of pyridine rings is 1. The van der Waals surface area contributed by atoms with Crippen LogP contribution >= 0.6 is 0 Å². The highest BCUT2D eigenvalue weighted by molar-refractivity contribution is 5.92. The van der Waals surface area contributed by atoms with Crippen molar-refractivity contribution < 1.29 is 9.90 Å². The van der Waals surface area contributed by atoms with E-state index in [1.54, 1.807) is 6.07 Å². The fraction of sp³-hybridized carbons (Fsp3) is 0.562. The van der Waals surface area contributed by atoms with Crippen molar-refractivity contribution in [2.75, 3.05) is 13.1 Å². The van der Waals surface area contributed by atoms with Crippen LogP contribution in [0.15, 0.2) is 18.3 Å². The van der Waals surface area contributed by atoms with Crippen molar-refractivity contribution in [2.24, 2.45) is 0 Å². The van der Waals surface area contributed by atoms with Crippen LogP contribution in [0.3, 0.4) is 0 Å². The first kappa shape index (κ1) is 14.9. The molecule has 1 saturated heterocycles. The van der Waals surface area contributed by atoms with Gasteiger partial charge in [0, 0.05) is 31.4 Å². The molecular weight excluding hydrogens is 280 g/mol. The summed E-state index contributed by atoms with van der Waals surface area (Å²) >= 11 is 0. The molecule has 0 bridgehead atoms. The van der Waals surface area contributed by atoms with E-state index in [0.29, 0.717) is 18.2 Å². The first-order chi connectivity index (χ1) is 10.7. The van der Waals surface area contributed by atoms with Gasteiger partial charge in [-0.15, -0.1) is 0 Å². The molecule has 3 rings (SSSR count). The van der Waals surface area contributed by atoms with E-state index in [-0.39, 0.29) is 23.7 Å². The normalized spacial score (nSPS) is 28.5. The number of β-amino-alcohol motifs (C(OH)–C–C–N with tert-alkyl or cyclic N) is 1. The van der Waals surface area contributed by atoms with Gasteiger partial charge in [0.15, 0.2) is 0 Å². The summed E-state index contributed by atoms with van der Waals surface area (Å²) < 4.78 is 0. The number of nitrogens with zero attached hydrogens (tertiary/aromatic N) is 3. The molecular formula is C16H20N4O2. The maximum Gasteiger partial charge on any atom is 0.270 e. The number of rotatable bonds is 3. The third-order valence-electron chi connectivity index (χ3n) is 4.58. The largest absolute Gasteiger partial charge is 0.392 e. The monoisotopic (exact) mass is 300 g/mol. The molecule has 116 valence electrons. The lowest BCUT2D eigenvalue weighted by atomic mass is 10.1. The summed E-state index contributed by atoms with van der Waals surface area (Å²) in [5.74, 6) is -0.228. The summed E-state index contributed by atoms with van der Waals surface area (Å²) in [7, 11) is 0. The lowest BCUT2D eigenvalue weighted by Crippen LogP contribution is -2.48. The highest BCUT2D eigenvalue weighted by atomic mass is 16.3. The van der Waals surface area contributed by atoms with Crippen LogP contribution in [0.5, 0.6) is 0 Å². The molecule has 0 aromatic carbocycles. The number of aromatic nitrogens is 1. The number of nitriles is 1. The van der Waals surface area contributed by atoms with Gasteiger partial charge in [-0.05, 0) is 37.8 Å². The maximum absolute atomic E-state index is 12.3. The summed E-state index contributed by atoms with van der Waals surface area (Å²) in [6, 6.07) is 5.50. The second kappa shape index (κ2) is 6.42. The predicted molar refractivity (Wildman–Crippen MR) is 80.0 cm³/mol. The van der Waals surface area contributed by atoms with E-state index in [9.17, 15) is 9.90 Å². The number of hydrogen-bond acceptors (Lipinski definition) is 5. The van der Waals surface area contributed by atoms with Gasteiger partial charge in [-0.2, -0.15) is 5.26 Å². The van der Waals surface area contributed by atoms with Crippen molar-refractivity contribution >= 4 is 5.91 Å². The lowest BCUT2D eigenvalue weighted by molar-refractivity contribution is 0.0901. The lowest BCUT2D eigenvalue weighted by Gasteiger charge is -2.29. The number of aliphatic hydroxyl groups is 1. The Balaban J connectivity index is 1.66. The number of nitrogens with one attached hydrogen (secondary N) is 1. The zero-order valence-electron chi connectivity index (χ0n) is 12.4. The molecule has 1 aromatic heterocycles. The van der Waals surface area contributed by atoms with Crippen molar-refractivity contribution in [3.63, 3.8) is 0 Å². The number of hydrogen-bond donors (Lipinski definition) is 2. The quantitative estimate of drug-likeness (QED) is 0.856. The third-order valence-corrected chi connectivity index (χ3v) is 4.58. The van der Waals surface area contributed by atoms with Crippen molar-refractivity contribution in [1.29, 1.82) is 5.26 Å². The SMILES string of the molecule is N#Cc1ccnc(C(=O)N[C@@H]2CCC[C@@H]2N2CCC(O)C2)c1. The molecule has 1 aromatic rings. The van der Waals surface area contributed by atoms with E-state index in [1.165, 1.54) is 12.3 Å². The standard InChI is InChI=1S/C16H20N4O2/c17-9-11-4-6-18-14(8-11)16(22)19-13-2-1-3-15(13)20-7-5-12(21)10-20/h4,6,8,12-13,15,21H,1-3,5,7,10H2,(H,19,22)/t12?,13-,15+/m1/s1. The van der Waals surface area contributed by atoms with E-state index in [0.717, 1.165) is 32.2 Å². The van der Waals surface area contributed by atoms with Crippen LogP contribution in [-0.2, 0) is 0 Å². The number of aliphatic hydroxyl groups excluding tert-OH is 1. The van der Waals surface area contributed by atoms with Crippen molar-refractivity contribution in [3.8, 4) is 6.07 Å². The van der Waals surface area contributed by atoms with Crippen LogP contribution in [-0.4, -0.2) is 52.2 Å². The minimum Gasteiger partial charge on any atom is -0.392 e. The Kier molecular flexibility index (Phi) is 4.36. The number of amides is 1. The van der Waals surface area contributed by atoms with Gasteiger partial charge in [0.2, 0.25) is 0 Å². The number of carbonyl (C=O) groups is 1. The molecule has 1 unspecified atom stereocenters. The van der Waals surface area contributed by atoms with Gasteiger partial charge in [0.1, 0.15) is 5.69 Å². The predicted octanol–water partition coefficient (Wildman–Crippen LogP) is 0.671. The van der Waals surface area contributed by atoms with Crippen LogP contribution in [0, 0.1) is 11.3 Å². The molecule has 1 saturated carbocycles. The van der Waals surface area contributed by atoms with Crippen molar-refractivity contribution in [3.05, 3.63) is 29.6 Å². The van der Waals surface area contributed by atoms with Crippen LogP contribution in [0.4, 0.5) is 0 Å². The van der Waals surface area contributed by atoms with Gasteiger partial charge >= 0.3 is 0 Å². The minimum atomic E-state index is -0.245. The molecule has 2 fully saturated rings. The maximum atomic E-state index is 12.3. The molecule has 22 heavy (non-hydrogen) atoms. The van der Waals surface area contributed by atoms with Crippen LogP contribution in [0.2, 0.25) is 0 Å². The average molecular weight is 300 g/mol. The Bertz CT molecular complexity index is 598. The molecule has 3 atom stereocenters. The molecule has 2 heterocycles. The van der Waals surface area contributed by atoms with E-state index >= 15 is 0 Å². The number of likely N-dealkylation sites (tertiary alicyclic amines) is 1. The van der Waals surface area contributed by atoms with Gasteiger partial charge < -0.3 is 10.4 Å². The van der Waals surface area contributed by atoms with Crippen molar-refractivity contribution in [1.82, 2.24) is 15.2 Å². The summed E-state index contributed by atoms with van der Waals surface area (Å²) in [5.41, 5.74) is 0.719. The van der Waals surface area contributed by atoms with Crippen LogP contribution in [0.25, 0.3) is 0 Å². The molecule has 0 radical (unpaired) electrons. The van der Waals surface area contributed by atoms with E-state index < -0.39 is 0 Å². The summed E-state index contributed by atoms with van der Waals surface area (Å²) in [4.78, 5) is 18.7. The van der Waals surface area contributed by atoms with E-state index in [2.05, 4.69) is 15.2 Å². The smallest absolute Gasteiger partial charge is 0.270 e. The molecule has 6 heteroatoms. The summed E-state index contributed by atoms with van der Waals surface area (Å²) in [6.07, 6.45) is 5.11. The van der Waals surface area contributed by atoms with Gasteiger partial charge in [0.25, 0.3) is 5.91 Å². The first-order valence-corrected chi connectivity index (χ1v) is 7.76. The highest BCUT2D eigenvalue weighted by Gasteiger charge is 2.36. The molecule has 1 aliphatic heterocycles. The minimum absolute atomic E-state index is 0.0883. The molecule has 6 nitrogen and oxygen atoms in total. The third kappa shape index (κ3) is 3.11. The second-order valence-corrected chi connectivity index (χ2v) is 6.06. The Morgan fingerprint density at radius 3 is 3.05 bits per heavy atom. The Labute approximate surface area is 129 Å². The Morgan fingerprint density at radius 2 is 2.32 bits per heavy atom. The van der Waals surface area contributed by atoms with Gasteiger partial charge in [-0.25, -0.2) is 0 Å². The number of carbonyl (C=O) groups excluding carboxylic acids is 1. The Hall–Kier alpha value is -1.97. The van der Waals surface area contributed by atoms with Gasteiger partial charge in [-0.1, -0.05) is 0 Å². The van der Waals surface area contributed by atoms with Crippen molar-refractivity contribution in [2.45, 2.75) is 43.9 Å². The second-order valence-electron chi connectivity index (χ2n) is 6.06. The Morgan fingerprint density at radius 1 is 1.45 bits per heavy atom. The molecule has 1 amide bonds. The van der Waals surface area contributed by atoms with Gasteiger partial charge in [0.05, 0.1) is 17.7 Å². The summed E-state index contributed by atoms with van der Waals surface area (Å²) in [6.45, 7) is 1.58. The molecule has 1 aliphatic carbocycles. The molecule has 2 N–H and O–H groups in total. The fourth-order valence-corrected chi connectivity index (χ4v) is 3.48. The van der Waals surface area contributed by atoms with E-state index in [1.807, 2.05) is 6.07 Å². The summed E-state index contributed by atoms with van der Waals surface area (Å²) in [5, 5.41) is 21.6. The fourth-order valence-electron chi connectivity index (χ4n) is 3.48. The first-order valence-electron chi connectivity index (χ1n) is 7.76. The van der Waals surface area contributed by atoms with Crippen LogP contribution in [0.1, 0.15) is 41.7 Å². The molecule has 2 aliphatic rings. The zero-order valence-corrected chi connectivity index (χ0v) is 12.4. The van der Waals surface area contributed by atoms with Crippen LogP contribution < -0.4 is 5.32 Å². The topological polar surface area (TPSA) is 89.2 Å². The van der Waals surface area contributed by atoms with Gasteiger partial charge in [-0.3, -0.25) is 14.7 Å². The molecule has 0 spiro atoms. The zero-order chi connectivity index (χ0) is 15.5. The average Bonchev–Trinajstić information content (AvgIpc) is 3.16. The van der Waals surface area contributed by atoms with E-state index in [4.69, 9.17) is 5.26 Å².